The van der Waals surface area contributed by atoms with Gasteiger partial charge in [-0.2, -0.15) is 0 Å². The van der Waals surface area contributed by atoms with Crippen LogP contribution < -0.4 is 5.73 Å². The van der Waals surface area contributed by atoms with Gasteiger partial charge in [0.25, 0.3) is 5.91 Å². The number of piperidine rings is 1. The van der Waals surface area contributed by atoms with E-state index in [1.54, 1.807) is 6.07 Å². The van der Waals surface area contributed by atoms with Gasteiger partial charge in [0.2, 0.25) is 5.91 Å². The van der Waals surface area contributed by atoms with Gasteiger partial charge in [0.15, 0.2) is 0 Å². The molecule has 1 aliphatic rings. The summed E-state index contributed by atoms with van der Waals surface area (Å²) in [6, 6.07) is 11.1. The topological polar surface area (TPSA) is 63.4 Å². The van der Waals surface area contributed by atoms with E-state index in [1.165, 1.54) is 0 Å². The average Bonchev–Trinajstić information content (AvgIpc) is 2.53. The van der Waals surface area contributed by atoms with Crippen LogP contribution in [0, 0.1) is 5.92 Å². The Hall–Kier alpha value is -2.36. The van der Waals surface area contributed by atoms with Crippen molar-refractivity contribution in [1.82, 2.24) is 4.90 Å². The number of fused-ring (bicyclic) bond motifs is 1. The Balaban J connectivity index is 2.12. The summed E-state index contributed by atoms with van der Waals surface area (Å²) in [5.41, 5.74) is 6.24. The van der Waals surface area contributed by atoms with E-state index < -0.39 is 5.91 Å². The number of hydrogen-bond donors (Lipinski definition) is 1. The molecule has 3 rings (SSSR count). The van der Waals surface area contributed by atoms with Gasteiger partial charge in [-0.1, -0.05) is 37.3 Å². The lowest BCUT2D eigenvalue weighted by Gasteiger charge is -2.31. The molecule has 22 heavy (non-hydrogen) atoms. The molecule has 0 spiro atoms. The van der Waals surface area contributed by atoms with E-state index in [0.29, 0.717) is 17.0 Å². The zero-order chi connectivity index (χ0) is 15.7. The molecule has 1 heterocycles. The van der Waals surface area contributed by atoms with Crippen molar-refractivity contribution in [2.45, 2.75) is 19.8 Å². The summed E-state index contributed by atoms with van der Waals surface area (Å²) < 4.78 is 0. The molecule has 0 bridgehead atoms. The van der Waals surface area contributed by atoms with E-state index in [4.69, 9.17) is 5.73 Å². The van der Waals surface area contributed by atoms with Gasteiger partial charge in [-0.05, 0) is 35.6 Å². The van der Waals surface area contributed by atoms with Crippen LogP contribution in [0.2, 0.25) is 0 Å². The van der Waals surface area contributed by atoms with Gasteiger partial charge in [-0.15, -0.1) is 0 Å². The van der Waals surface area contributed by atoms with E-state index >= 15 is 0 Å². The fourth-order valence-electron chi connectivity index (χ4n) is 3.24. The van der Waals surface area contributed by atoms with Crippen LogP contribution in [0.4, 0.5) is 0 Å². The normalized spacial score (nSPS) is 18.4. The molecule has 2 aromatic carbocycles. The molecule has 1 fully saturated rings. The number of carbonyl (C=O) groups excluding carboxylic acids is 2. The predicted octanol–water partition coefficient (Wildman–Crippen LogP) is 2.81. The van der Waals surface area contributed by atoms with Crippen LogP contribution in [-0.4, -0.2) is 29.8 Å². The lowest BCUT2D eigenvalue weighted by molar-refractivity contribution is 0.0681. The summed E-state index contributed by atoms with van der Waals surface area (Å²) >= 11 is 0. The summed E-state index contributed by atoms with van der Waals surface area (Å²) in [5.74, 6) is -0.152. The molecule has 0 aliphatic carbocycles. The summed E-state index contributed by atoms with van der Waals surface area (Å²) in [6.45, 7) is 3.63. The fraction of sp³-hybridized carbons (Fsp3) is 0.333. The van der Waals surface area contributed by atoms with Crippen LogP contribution in [-0.2, 0) is 0 Å². The van der Waals surface area contributed by atoms with Crippen LogP contribution in [0.5, 0.6) is 0 Å². The maximum Gasteiger partial charge on any atom is 0.255 e. The molecular formula is C18H20N2O2. The van der Waals surface area contributed by atoms with E-state index in [1.807, 2.05) is 35.2 Å². The third-order valence-electron chi connectivity index (χ3n) is 4.35. The number of likely N-dealkylation sites (tertiary alicyclic amines) is 1. The first-order valence-corrected chi connectivity index (χ1v) is 7.68. The highest BCUT2D eigenvalue weighted by atomic mass is 16.2. The minimum absolute atomic E-state index is 0.0860. The third-order valence-corrected chi connectivity index (χ3v) is 4.35. The van der Waals surface area contributed by atoms with Crippen LogP contribution in [0.25, 0.3) is 10.8 Å². The van der Waals surface area contributed by atoms with Gasteiger partial charge in [0.1, 0.15) is 0 Å². The highest BCUT2D eigenvalue weighted by molar-refractivity contribution is 6.15. The molecule has 0 aromatic heterocycles. The van der Waals surface area contributed by atoms with Gasteiger partial charge in [0.05, 0.1) is 11.1 Å². The van der Waals surface area contributed by atoms with Crippen LogP contribution in [0.3, 0.4) is 0 Å². The standard InChI is InChI=1S/C18H20N2O2/c1-12-5-4-10-20(11-12)18(22)16-14-7-3-2-6-13(14)8-9-15(16)17(19)21/h2-3,6-9,12H,4-5,10-11H2,1H3,(H2,19,21). The molecule has 1 saturated heterocycles. The maximum absolute atomic E-state index is 13.0. The van der Waals surface area contributed by atoms with Crippen LogP contribution in [0.15, 0.2) is 36.4 Å². The molecule has 1 atom stereocenters. The number of benzene rings is 2. The predicted molar refractivity (Wildman–Crippen MR) is 86.8 cm³/mol. The van der Waals surface area contributed by atoms with Crippen molar-refractivity contribution >= 4 is 22.6 Å². The van der Waals surface area contributed by atoms with Crippen LogP contribution in [0.1, 0.15) is 40.5 Å². The maximum atomic E-state index is 13.0. The van der Waals surface area contributed by atoms with Crippen molar-refractivity contribution in [3.63, 3.8) is 0 Å². The van der Waals surface area contributed by atoms with E-state index in [2.05, 4.69) is 6.92 Å². The molecular weight excluding hydrogens is 276 g/mol. The van der Waals surface area contributed by atoms with Crippen molar-refractivity contribution in [3.8, 4) is 0 Å². The Morgan fingerprint density at radius 1 is 1.18 bits per heavy atom. The minimum atomic E-state index is -0.556. The first kappa shape index (κ1) is 14.6. The lowest BCUT2D eigenvalue weighted by Crippen LogP contribution is -2.40. The van der Waals surface area contributed by atoms with E-state index in [-0.39, 0.29) is 5.91 Å². The summed E-state index contributed by atoms with van der Waals surface area (Å²) in [4.78, 5) is 26.6. The van der Waals surface area contributed by atoms with Crippen molar-refractivity contribution in [2.75, 3.05) is 13.1 Å². The molecule has 4 nitrogen and oxygen atoms in total. The molecule has 2 amide bonds. The minimum Gasteiger partial charge on any atom is -0.366 e. The van der Waals surface area contributed by atoms with Crippen molar-refractivity contribution in [2.24, 2.45) is 11.7 Å². The number of carbonyl (C=O) groups is 2. The Bertz CT molecular complexity index is 739. The summed E-state index contributed by atoms with van der Waals surface area (Å²) in [5, 5.41) is 1.74. The highest BCUT2D eigenvalue weighted by Crippen LogP contribution is 2.26. The number of nitrogens with two attached hydrogens (primary N) is 1. The zero-order valence-electron chi connectivity index (χ0n) is 12.7. The van der Waals surface area contributed by atoms with Gasteiger partial charge in [-0.25, -0.2) is 0 Å². The highest BCUT2D eigenvalue weighted by Gasteiger charge is 2.26. The average molecular weight is 296 g/mol. The van der Waals surface area contributed by atoms with E-state index in [9.17, 15) is 9.59 Å². The molecule has 1 aliphatic heterocycles. The molecule has 0 saturated carbocycles. The SMILES string of the molecule is CC1CCCN(C(=O)c2c(C(N)=O)ccc3ccccc23)C1. The monoisotopic (exact) mass is 296 g/mol. The smallest absolute Gasteiger partial charge is 0.255 e. The second-order valence-electron chi connectivity index (χ2n) is 6.07. The van der Waals surface area contributed by atoms with Crippen molar-refractivity contribution in [3.05, 3.63) is 47.5 Å². The second kappa shape index (κ2) is 5.79. The van der Waals surface area contributed by atoms with Gasteiger partial charge < -0.3 is 10.6 Å². The number of rotatable bonds is 2. The Morgan fingerprint density at radius 3 is 2.68 bits per heavy atom. The zero-order valence-corrected chi connectivity index (χ0v) is 12.7. The van der Waals surface area contributed by atoms with Crippen molar-refractivity contribution in [1.29, 1.82) is 0 Å². The fourth-order valence-corrected chi connectivity index (χ4v) is 3.24. The first-order valence-electron chi connectivity index (χ1n) is 7.68. The van der Waals surface area contributed by atoms with E-state index in [0.717, 1.165) is 36.7 Å². The van der Waals surface area contributed by atoms with Crippen molar-refractivity contribution < 1.29 is 9.59 Å². The number of amides is 2. The lowest BCUT2D eigenvalue weighted by atomic mass is 9.95. The molecule has 0 radical (unpaired) electrons. The Morgan fingerprint density at radius 2 is 1.95 bits per heavy atom. The molecule has 2 aromatic rings. The van der Waals surface area contributed by atoms with Gasteiger partial charge in [0, 0.05) is 13.1 Å². The Labute approximate surface area is 129 Å². The summed E-state index contributed by atoms with van der Waals surface area (Å²) in [6.07, 6.45) is 2.14. The van der Waals surface area contributed by atoms with Gasteiger partial charge >= 0.3 is 0 Å². The summed E-state index contributed by atoms with van der Waals surface area (Å²) in [7, 11) is 0. The largest absolute Gasteiger partial charge is 0.366 e. The quantitative estimate of drug-likeness (QED) is 0.926. The molecule has 4 heteroatoms. The Kier molecular flexibility index (Phi) is 3.84. The number of hydrogen-bond acceptors (Lipinski definition) is 2. The molecule has 114 valence electrons. The second-order valence-corrected chi connectivity index (χ2v) is 6.07. The molecule has 1 unspecified atom stereocenters. The number of nitrogens with zero attached hydrogens (tertiary/aromatic N) is 1. The van der Waals surface area contributed by atoms with Crippen LogP contribution >= 0.6 is 0 Å². The number of primary amides is 1. The molecule has 2 N–H and O–H groups in total. The van der Waals surface area contributed by atoms with Gasteiger partial charge in [-0.3, -0.25) is 9.59 Å². The first-order chi connectivity index (χ1) is 10.6. The third kappa shape index (κ3) is 2.56.